The van der Waals surface area contributed by atoms with E-state index in [2.05, 4.69) is 5.32 Å². The number of Topliss-reactive ketones (excluding diaryl/α,β-unsaturated/α-hetero) is 1. The van der Waals surface area contributed by atoms with Crippen molar-refractivity contribution in [3.8, 4) is 0 Å². The van der Waals surface area contributed by atoms with E-state index in [0.29, 0.717) is 22.2 Å². The van der Waals surface area contributed by atoms with Crippen LogP contribution in [0.4, 0.5) is 0 Å². The molecule has 1 aliphatic rings. The molecule has 1 aromatic rings. The van der Waals surface area contributed by atoms with Gasteiger partial charge in [0.15, 0.2) is 0 Å². The minimum absolute atomic E-state index is 0.0669. The van der Waals surface area contributed by atoms with Crippen LogP contribution < -0.4 is 5.32 Å². The van der Waals surface area contributed by atoms with Gasteiger partial charge in [0, 0.05) is 31.3 Å². The average Bonchev–Trinajstić information content (AvgIpc) is 2.80. The van der Waals surface area contributed by atoms with Crippen LogP contribution >= 0.6 is 23.2 Å². The molecule has 0 amide bonds. The first kappa shape index (κ1) is 12.9. The molecule has 0 radical (unpaired) electrons. The van der Waals surface area contributed by atoms with Gasteiger partial charge in [0.1, 0.15) is 5.78 Å². The molecule has 1 N–H and O–H groups in total. The Labute approximate surface area is 111 Å². The van der Waals surface area contributed by atoms with Gasteiger partial charge in [-0.1, -0.05) is 36.2 Å². The lowest BCUT2D eigenvalue weighted by atomic mass is 9.85. The minimum atomic E-state index is 0.0669. The number of benzene rings is 1. The van der Waals surface area contributed by atoms with Gasteiger partial charge in [-0.2, -0.15) is 0 Å². The fraction of sp³-hybridized carbons (Fsp3) is 0.462. The van der Waals surface area contributed by atoms with Gasteiger partial charge >= 0.3 is 0 Å². The standard InChI is InChI=1S/C13H15Cl2NO/c1-2-13(17)10-7-16-6-9(10)8-3-4-11(14)12(15)5-8/h3-5,9-10,16H,2,6-7H2,1H3/t9-,10+/m0/s1. The molecule has 0 aromatic heterocycles. The van der Waals surface area contributed by atoms with E-state index in [4.69, 9.17) is 23.2 Å². The highest BCUT2D eigenvalue weighted by molar-refractivity contribution is 6.42. The number of halogens is 2. The number of nitrogens with one attached hydrogen (secondary N) is 1. The molecule has 2 atom stereocenters. The monoisotopic (exact) mass is 271 g/mol. The summed E-state index contributed by atoms with van der Waals surface area (Å²) < 4.78 is 0. The number of carbonyl (C=O) groups excluding carboxylic acids is 1. The Balaban J connectivity index is 2.26. The first-order valence-corrected chi connectivity index (χ1v) is 6.57. The molecule has 1 aromatic carbocycles. The van der Waals surface area contributed by atoms with Crippen molar-refractivity contribution in [2.24, 2.45) is 5.92 Å². The van der Waals surface area contributed by atoms with E-state index < -0.39 is 0 Å². The van der Waals surface area contributed by atoms with E-state index in [0.717, 1.165) is 18.7 Å². The number of hydrogen-bond acceptors (Lipinski definition) is 2. The van der Waals surface area contributed by atoms with Gasteiger partial charge in [0.2, 0.25) is 0 Å². The Morgan fingerprint density at radius 2 is 2.12 bits per heavy atom. The Hall–Kier alpha value is -0.570. The van der Waals surface area contributed by atoms with Crippen LogP contribution in [0.2, 0.25) is 10.0 Å². The van der Waals surface area contributed by atoms with Crippen LogP contribution in [0.5, 0.6) is 0 Å². The summed E-state index contributed by atoms with van der Waals surface area (Å²) in [7, 11) is 0. The van der Waals surface area contributed by atoms with Gasteiger partial charge in [-0.25, -0.2) is 0 Å². The van der Waals surface area contributed by atoms with Crippen molar-refractivity contribution in [3.05, 3.63) is 33.8 Å². The first-order valence-electron chi connectivity index (χ1n) is 5.82. The van der Waals surface area contributed by atoms with E-state index in [1.165, 1.54) is 0 Å². The van der Waals surface area contributed by atoms with Crippen LogP contribution in [0.3, 0.4) is 0 Å². The predicted molar refractivity (Wildman–Crippen MR) is 70.9 cm³/mol. The molecule has 0 bridgehead atoms. The third-order valence-corrected chi connectivity index (χ3v) is 4.09. The summed E-state index contributed by atoms with van der Waals surface area (Å²) in [6, 6.07) is 5.63. The number of rotatable bonds is 3. The van der Waals surface area contributed by atoms with E-state index >= 15 is 0 Å². The Morgan fingerprint density at radius 1 is 1.35 bits per heavy atom. The van der Waals surface area contributed by atoms with Crippen LogP contribution in [0, 0.1) is 5.92 Å². The zero-order valence-corrected chi connectivity index (χ0v) is 11.2. The molecule has 2 nitrogen and oxygen atoms in total. The predicted octanol–water partition coefficient (Wildman–Crippen LogP) is 3.28. The second-order valence-electron chi connectivity index (χ2n) is 4.36. The highest BCUT2D eigenvalue weighted by Crippen LogP contribution is 2.33. The molecule has 17 heavy (non-hydrogen) atoms. The highest BCUT2D eigenvalue weighted by atomic mass is 35.5. The van der Waals surface area contributed by atoms with Crippen LogP contribution in [-0.2, 0) is 4.79 Å². The van der Waals surface area contributed by atoms with Gasteiger partial charge in [-0.3, -0.25) is 4.79 Å². The zero-order valence-electron chi connectivity index (χ0n) is 9.67. The largest absolute Gasteiger partial charge is 0.315 e. The van der Waals surface area contributed by atoms with Gasteiger partial charge in [0.25, 0.3) is 0 Å². The topological polar surface area (TPSA) is 29.1 Å². The maximum absolute atomic E-state index is 11.9. The summed E-state index contributed by atoms with van der Waals surface area (Å²) >= 11 is 11.9. The molecule has 1 heterocycles. The summed E-state index contributed by atoms with van der Waals surface area (Å²) in [5.41, 5.74) is 1.09. The summed E-state index contributed by atoms with van der Waals surface area (Å²) in [6.45, 7) is 3.50. The van der Waals surface area contributed by atoms with Gasteiger partial charge < -0.3 is 5.32 Å². The van der Waals surface area contributed by atoms with E-state index in [9.17, 15) is 4.79 Å². The number of hydrogen-bond donors (Lipinski definition) is 1. The van der Waals surface area contributed by atoms with Crippen molar-refractivity contribution in [1.82, 2.24) is 5.32 Å². The molecule has 0 spiro atoms. The molecular weight excluding hydrogens is 257 g/mol. The smallest absolute Gasteiger partial charge is 0.137 e. The van der Waals surface area contributed by atoms with Gasteiger partial charge in [0.05, 0.1) is 10.0 Å². The summed E-state index contributed by atoms with van der Waals surface area (Å²) in [6.07, 6.45) is 0.587. The highest BCUT2D eigenvalue weighted by Gasteiger charge is 2.32. The quantitative estimate of drug-likeness (QED) is 0.914. The fourth-order valence-electron chi connectivity index (χ4n) is 2.37. The Bertz CT molecular complexity index is 433. The molecule has 0 aliphatic carbocycles. The third kappa shape index (κ3) is 2.65. The normalized spacial score (nSPS) is 23.9. The maximum atomic E-state index is 11.9. The summed E-state index contributed by atoms with van der Waals surface area (Å²) in [5, 5.41) is 4.38. The fourth-order valence-corrected chi connectivity index (χ4v) is 2.68. The zero-order chi connectivity index (χ0) is 12.4. The van der Waals surface area contributed by atoms with Crippen molar-refractivity contribution >= 4 is 29.0 Å². The second kappa shape index (κ2) is 5.38. The van der Waals surface area contributed by atoms with Crippen LogP contribution in [0.1, 0.15) is 24.8 Å². The lowest BCUT2D eigenvalue weighted by Crippen LogP contribution is -2.20. The van der Waals surface area contributed by atoms with Crippen molar-refractivity contribution in [2.75, 3.05) is 13.1 Å². The molecule has 2 rings (SSSR count). The maximum Gasteiger partial charge on any atom is 0.137 e. The molecule has 1 saturated heterocycles. The van der Waals surface area contributed by atoms with Crippen molar-refractivity contribution in [3.63, 3.8) is 0 Å². The second-order valence-corrected chi connectivity index (χ2v) is 5.18. The third-order valence-electron chi connectivity index (χ3n) is 3.35. The lowest BCUT2D eigenvalue weighted by Gasteiger charge is -2.17. The van der Waals surface area contributed by atoms with E-state index in [-0.39, 0.29) is 11.8 Å². The van der Waals surface area contributed by atoms with Crippen LogP contribution in [-0.4, -0.2) is 18.9 Å². The van der Waals surface area contributed by atoms with Crippen LogP contribution in [0.25, 0.3) is 0 Å². The molecule has 1 aliphatic heterocycles. The van der Waals surface area contributed by atoms with E-state index in [1.807, 2.05) is 19.1 Å². The van der Waals surface area contributed by atoms with Crippen LogP contribution in [0.15, 0.2) is 18.2 Å². The SMILES string of the molecule is CCC(=O)[C@@H]1CNC[C@H]1c1ccc(Cl)c(Cl)c1. The molecular formula is C13H15Cl2NO. The molecule has 4 heteroatoms. The molecule has 0 saturated carbocycles. The summed E-state index contributed by atoms with van der Waals surface area (Å²) in [5.74, 6) is 0.598. The summed E-state index contributed by atoms with van der Waals surface area (Å²) in [4.78, 5) is 11.9. The number of carbonyl (C=O) groups is 1. The number of ketones is 1. The minimum Gasteiger partial charge on any atom is -0.315 e. The average molecular weight is 272 g/mol. The van der Waals surface area contributed by atoms with Crippen molar-refractivity contribution in [1.29, 1.82) is 0 Å². The molecule has 92 valence electrons. The molecule has 1 fully saturated rings. The van der Waals surface area contributed by atoms with Gasteiger partial charge in [-0.15, -0.1) is 0 Å². The van der Waals surface area contributed by atoms with Gasteiger partial charge in [-0.05, 0) is 17.7 Å². The lowest BCUT2D eigenvalue weighted by molar-refractivity contribution is -0.122. The first-order chi connectivity index (χ1) is 8.13. The van der Waals surface area contributed by atoms with Crippen molar-refractivity contribution < 1.29 is 4.79 Å². The Kier molecular flexibility index (Phi) is 4.08. The Morgan fingerprint density at radius 3 is 2.76 bits per heavy atom. The van der Waals surface area contributed by atoms with Crippen molar-refractivity contribution in [2.45, 2.75) is 19.3 Å². The van der Waals surface area contributed by atoms with E-state index in [1.54, 1.807) is 6.07 Å². The molecule has 0 unspecified atom stereocenters.